The number of carboxylic acid groups (broad SMARTS) is 1. The van der Waals surface area contributed by atoms with Gasteiger partial charge >= 0.3 is 5.97 Å². The topological polar surface area (TPSA) is 49.3 Å². The first kappa shape index (κ1) is 24.8. The third-order valence-electron chi connectivity index (χ3n) is 9.04. The molecule has 0 radical (unpaired) electrons. The molecule has 7 aromatic rings. The van der Waals surface area contributed by atoms with Crippen molar-refractivity contribution in [1.82, 2.24) is 5.32 Å². The van der Waals surface area contributed by atoms with E-state index in [1.54, 1.807) is 0 Å². The number of fused-ring (bicyclic) bond motifs is 13. The summed E-state index contributed by atoms with van der Waals surface area (Å²) in [6, 6.07) is 44.0. The fourth-order valence-corrected chi connectivity index (χ4v) is 7.30. The lowest BCUT2D eigenvalue weighted by Gasteiger charge is -2.22. The summed E-state index contributed by atoms with van der Waals surface area (Å²) in [5.41, 5.74) is 6.15. The lowest BCUT2D eigenvalue weighted by atomic mass is 9.87. The van der Waals surface area contributed by atoms with Gasteiger partial charge in [0.15, 0.2) is 0 Å². The number of benzene rings is 7. The van der Waals surface area contributed by atoms with E-state index < -0.39 is 12.0 Å². The number of hydrogen-bond acceptors (Lipinski definition) is 2. The number of carboxylic acids is 1. The first-order valence-electron chi connectivity index (χ1n) is 14.6. The molecule has 0 aromatic heterocycles. The maximum absolute atomic E-state index is 12.5. The minimum atomic E-state index is -0.830. The van der Waals surface area contributed by atoms with E-state index in [0.29, 0.717) is 13.0 Å². The highest BCUT2D eigenvalue weighted by atomic mass is 16.4. The largest absolute Gasteiger partial charge is 0.480 e. The second kappa shape index (κ2) is 9.83. The third kappa shape index (κ3) is 3.74. The van der Waals surface area contributed by atoms with E-state index in [2.05, 4.69) is 102 Å². The van der Waals surface area contributed by atoms with Gasteiger partial charge in [-0.05, 0) is 77.3 Å². The molecule has 0 spiro atoms. The highest BCUT2D eigenvalue weighted by molar-refractivity contribution is 6.25. The van der Waals surface area contributed by atoms with Crippen LogP contribution in [-0.2, 0) is 11.2 Å². The van der Waals surface area contributed by atoms with Crippen molar-refractivity contribution < 1.29 is 9.90 Å². The number of hydrogen-bond donors (Lipinski definition) is 2. The van der Waals surface area contributed by atoms with Crippen LogP contribution in [0.4, 0.5) is 0 Å². The number of nitrogens with one attached hydrogen (secondary N) is 1. The van der Waals surface area contributed by atoms with E-state index in [9.17, 15) is 9.90 Å². The Labute approximate surface area is 244 Å². The van der Waals surface area contributed by atoms with Crippen molar-refractivity contribution in [3.05, 3.63) is 144 Å². The van der Waals surface area contributed by atoms with Gasteiger partial charge in [-0.3, -0.25) is 4.79 Å². The summed E-state index contributed by atoms with van der Waals surface area (Å²) in [6.45, 7) is 0.522. The number of carbonyl (C=O) groups is 1. The molecular weight excluding hydrogens is 514 g/mol. The van der Waals surface area contributed by atoms with Crippen LogP contribution in [0, 0.1) is 0 Å². The Morgan fingerprint density at radius 2 is 0.929 bits per heavy atom. The predicted molar refractivity (Wildman–Crippen MR) is 173 cm³/mol. The molecule has 1 aliphatic carbocycles. The molecule has 8 rings (SSSR count). The van der Waals surface area contributed by atoms with E-state index in [1.165, 1.54) is 65.3 Å². The predicted octanol–water partition coefficient (Wildman–Crippen LogP) is 8.70. The molecule has 3 nitrogen and oxygen atoms in total. The minimum absolute atomic E-state index is 0.0170. The van der Waals surface area contributed by atoms with Gasteiger partial charge in [0.1, 0.15) is 6.04 Å². The molecule has 202 valence electrons. The van der Waals surface area contributed by atoms with Crippen molar-refractivity contribution in [1.29, 1.82) is 0 Å². The summed E-state index contributed by atoms with van der Waals surface area (Å²) in [5, 5.41) is 23.7. The van der Waals surface area contributed by atoms with Gasteiger partial charge in [-0.15, -0.1) is 0 Å². The smallest absolute Gasteiger partial charge is 0.321 e. The SMILES string of the molecule is O=C(O)C(Cc1ccccc1)NCC1c2c(c3ccccc3c3ccccc23)-c2c1c1ccccc1c1ccccc21. The third-order valence-corrected chi connectivity index (χ3v) is 9.04. The monoisotopic (exact) mass is 543 g/mol. The van der Waals surface area contributed by atoms with Crippen molar-refractivity contribution in [3.63, 3.8) is 0 Å². The molecule has 42 heavy (non-hydrogen) atoms. The van der Waals surface area contributed by atoms with Gasteiger partial charge < -0.3 is 10.4 Å². The van der Waals surface area contributed by atoms with E-state index in [4.69, 9.17) is 0 Å². The van der Waals surface area contributed by atoms with Crippen molar-refractivity contribution >= 4 is 49.1 Å². The van der Waals surface area contributed by atoms with Gasteiger partial charge in [0, 0.05) is 12.5 Å². The highest BCUT2D eigenvalue weighted by Crippen LogP contribution is 2.56. The molecule has 0 fully saturated rings. The van der Waals surface area contributed by atoms with Gasteiger partial charge in [0.2, 0.25) is 0 Å². The zero-order valence-corrected chi connectivity index (χ0v) is 23.0. The van der Waals surface area contributed by atoms with E-state index in [-0.39, 0.29) is 5.92 Å². The van der Waals surface area contributed by atoms with Crippen LogP contribution in [0.2, 0.25) is 0 Å². The Kier molecular flexibility index (Phi) is 5.80. The molecule has 1 atom stereocenters. The van der Waals surface area contributed by atoms with Crippen LogP contribution in [0.5, 0.6) is 0 Å². The Bertz CT molecular complexity index is 2040. The highest BCUT2D eigenvalue weighted by Gasteiger charge is 2.36. The second-order valence-electron chi connectivity index (χ2n) is 11.3. The standard InChI is InChI=1S/C39H29NO2/c41-39(42)34(22-24-12-2-1-3-13-24)40-23-33-35-29-18-8-4-14-25(29)27-16-6-10-20-31(27)37(35)38-32-21-11-7-17-28(32)26-15-5-9-19-30(26)36(33)38/h1-21,33-34,40H,22-23H2,(H,41,42). The Morgan fingerprint density at radius 1 is 0.548 bits per heavy atom. The van der Waals surface area contributed by atoms with Crippen LogP contribution in [0.3, 0.4) is 0 Å². The Hall–Kier alpha value is -4.99. The summed E-state index contributed by atoms with van der Waals surface area (Å²) in [5.74, 6) is -0.847. The van der Waals surface area contributed by atoms with E-state index >= 15 is 0 Å². The average molecular weight is 544 g/mol. The van der Waals surface area contributed by atoms with Gasteiger partial charge in [0.05, 0.1) is 0 Å². The molecule has 7 aromatic carbocycles. The molecular formula is C39H29NO2. The summed E-state index contributed by atoms with van der Waals surface area (Å²) in [6.07, 6.45) is 0.430. The fraction of sp³-hybridized carbons (Fsp3) is 0.103. The first-order valence-corrected chi connectivity index (χ1v) is 14.6. The van der Waals surface area contributed by atoms with Gasteiger partial charge in [0.25, 0.3) is 0 Å². The first-order chi connectivity index (χ1) is 20.7. The summed E-state index contributed by atoms with van der Waals surface area (Å²) >= 11 is 0. The quantitative estimate of drug-likeness (QED) is 0.206. The molecule has 0 aliphatic heterocycles. The van der Waals surface area contributed by atoms with Crippen molar-refractivity contribution in [3.8, 4) is 11.1 Å². The maximum atomic E-state index is 12.5. The summed E-state index contributed by atoms with van der Waals surface area (Å²) in [4.78, 5) is 12.5. The van der Waals surface area contributed by atoms with Crippen LogP contribution in [0.15, 0.2) is 127 Å². The van der Waals surface area contributed by atoms with Crippen molar-refractivity contribution in [2.75, 3.05) is 6.54 Å². The van der Waals surface area contributed by atoms with Crippen LogP contribution < -0.4 is 5.32 Å². The van der Waals surface area contributed by atoms with Crippen molar-refractivity contribution in [2.45, 2.75) is 18.4 Å². The van der Waals surface area contributed by atoms with Crippen LogP contribution in [0.25, 0.3) is 54.2 Å². The normalized spacial score (nSPS) is 13.5. The maximum Gasteiger partial charge on any atom is 0.321 e. The molecule has 0 saturated heterocycles. The van der Waals surface area contributed by atoms with Crippen LogP contribution in [-0.4, -0.2) is 23.7 Å². The fourth-order valence-electron chi connectivity index (χ4n) is 7.30. The van der Waals surface area contributed by atoms with Crippen LogP contribution in [0.1, 0.15) is 22.6 Å². The Balaban J connectivity index is 1.42. The number of rotatable bonds is 6. The zero-order valence-electron chi connectivity index (χ0n) is 23.0. The zero-order chi connectivity index (χ0) is 28.2. The molecule has 0 heterocycles. The van der Waals surface area contributed by atoms with E-state index in [0.717, 1.165) is 5.56 Å². The second-order valence-corrected chi connectivity index (χ2v) is 11.3. The molecule has 3 heteroatoms. The average Bonchev–Trinajstić information content (AvgIpc) is 3.39. The number of aliphatic carboxylic acids is 1. The molecule has 0 amide bonds. The Morgan fingerprint density at radius 3 is 1.38 bits per heavy atom. The molecule has 1 unspecified atom stereocenters. The van der Waals surface area contributed by atoms with Gasteiger partial charge in [-0.1, -0.05) is 127 Å². The van der Waals surface area contributed by atoms with Crippen molar-refractivity contribution in [2.24, 2.45) is 0 Å². The van der Waals surface area contributed by atoms with Gasteiger partial charge in [-0.25, -0.2) is 0 Å². The van der Waals surface area contributed by atoms with E-state index in [1.807, 2.05) is 30.3 Å². The summed E-state index contributed by atoms with van der Waals surface area (Å²) < 4.78 is 0. The minimum Gasteiger partial charge on any atom is -0.480 e. The molecule has 1 aliphatic rings. The molecule has 0 bridgehead atoms. The lowest BCUT2D eigenvalue weighted by Crippen LogP contribution is -2.40. The van der Waals surface area contributed by atoms with Gasteiger partial charge in [-0.2, -0.15) is 0 Å². The molecule has 0 saturated carbocycles. The summed E-state index contributed by atoms with van der Waals surface area (Å²) in [7, 11) is 0. The van der Waals surface area contributed by atoms with Crippen LogP contribution >= 0.6 is 0 Å². The lowest BCUT2D eigenvalue weighted by molar-refractivity contribution is -0.139. The molecule has 2 N–H and O–H groups in total.